The fourth-order valence-electron chi connectivity index (χ4n) is 1.51. The monoisotopic (exact) mass is 274 g/mol. The molecule has 0 aliphatic rings. The van der Waals surface area contributed by atoms with Crippen molar-refractivity contribution < 1.29 is 17.6 Å². The molecule has 0 saturated carbocycles. The number of alkyl halides is 3. The molecule has 0 amide bonds. The second-order valence-electron chi connectivity index (χ2n) is 3.64. The number of hydrogen-bond acceptors (Lipinski definition) is 2. The standard InChI is InChI=1S/C11H6F4N2O2/c12-6-2-1-3-7(4-6)17-9(18)5-8(11(13,14)15)16-10(17)19/h1-5H,(H,16,19). The van der Waals surface area contributed by atoms with Gasteiger partial charge in [-0.1, -0.05) is 6.07 Å². The first kappa shape index (κ1) is 13.1. The predicted octanol–water partition coefficient (Wildman–Crippen LogP) is 1.68. The van der Waals surface area contributed by atoms with Crippen LogP contribution in [0.3, 0.4) is 0 Å². The lowest BCUT2D eigenvalue weighted by atomic mass is 10.3. The van der Waals surface area contributed by atoms with E-state index in [1.54, 1.807) is 0 Å². The van der Waals surface area contributed by atoms with Gasteiger partial charge in [0.05, 0.1) is 5.69 Å². The van der Waals surface area contributed by atoms with Crippen molar-refractivity contribution in [2.24, 2.45) is 0 Å². The zero-order chi connectivity index (χ0) is 14.2. The van der Waals surface area contributed by atoms with Gasteiger partial charge in [0, 0.05) is 6.07 Å². The maximum absolute atomic E-state index is 13.0. The quantitative estimate of drug-likeness (QED) is 0.804. The van der Waals surface area contributed by atoms with Crippen molar-refractivity contribution in [1.82, 2.24) is 9.55 Å². The van der Waals surface area contributed by atoms with E-state index < -0.39 is 28.9 Å². The van der Waals surface area contributed by atoms with Crippen molar-refractivity contribution in [3.05, 3.63) is 62.7 Å². The largest absolute Gasteiger partial charge is 0.431 e. The highest BCUT2D eigenvalue weighted by Crippen LogP contribution is 2.25. The summed E-state index contributed by atoms with van der Waals surface area (Å²) in [6.45, 7) is 0. The lowest BCUT2D eigenvalue weighted by Gasteiger charge is -2.08. The lowest BCUT2D eigenvalue weighted by molar-refractivity contribution is -0.141. The first-order chi connectivity index (χ1) is 8.79. The van der Waals surface area contributed by atoms with Crippen LogP contribution in [-0.2, 0) is 6.18 Å². The van der Waals surface area contributed by atoms with Gasteiger partial charge >= 0.3 is 11.9 Å². The van der Waals surface area contributed by atoms with Gasteiger partial charge in [0.25, 0.3) is 5.56 Å². The van der Waals surface area contributed by atoms with Crippen molar-refractivity contribution in [2.45, 2.75) is 6.18 Å². The molecule has 0 bridgehead atoms. The highest BCUT2D eigenvalue weighted by molar-refractivity contribution is 5.32. The first-order valence-corrected chi connectivity index (χ1v) is 4.98. The fraction of sp³-hybridized carbons (Fsp3) is 0.0909. The van der Waals surface area contributed by atoms with Crippen LogP contribution in [0, 0.1) is 5.82 Å². The Bertz CT molecular complexity index is 699. The number of nitrogens with one attached hydrogen (secondary N) is 1. The van der Waals surface area contributed by atoms with Gasteiger partial charge in [-0.2, -0.15) is 13.2 Å². The molecule has 100 valence electrons. The van der Waals surface area contributed by atoms with Gasteiger partial charge in [-0.05, 0) is 18.2 Å². The molecular formula is C11H6F4N2O2. The van der Waals surface area contributed by atoms with Crippen molar-refractivity contribution in [1.29, 1.82) is 0 Å². The van der Waals surface area contributed by atoms with E-state index in [2.05, 4.69) is 0 Å². The van der Waals surface area contributed by atoms with Crippen molar-refractivity contribution in [3.63, 3.8) is 0 Å². The molecule has 0 radical (unpaired) electrons. The minimum atomic E-state index is -4.83. The van der Waals surface area contributed by atoms with Gasteiger partial charge in [0.1, 0.15) is 11.5 Å². The normalized spacial score (nSPS) is 11.6. The smallest absolute Gasteiger partial charge is 0.303 e. The number of aromatic amines is 1. The zero-order valence-electron chi connectivity index (χ0n) is 9.16. The molecule has 0 aliphatic carbocycles. The van der Waals surface area contributed by atoms with Gasteiger partial charge in [-0.3, -0.25) is 4.79 Å². The number of aromatic nitrogens is 2. The summed E-state index contributed by atoms with van der Waals surface area (Å²) in [4.78, 5) is 24.6. The average Bonchev–Trinajstić information content (AvgIpc) is 2.26. The maximum atomic E-state index is 13.0. The number of nitrogens with zero attached hydrogens (tertiary/aromatic N) is 1. The number of hydrogen-bond donors (Lipinski definition) is 1. The van der Waals surface area contributed by atoms with Crippen LogP contribution in [0.1, 0.15) is 5.69 Å². The highest BCUT2D eigenvalue weighted by atomic mass is 19.4. The molecule has 0 saturated heterocycles. The van der Waals surface area contributed by atoms with Crippen LogP contribution in [0.2, 0.25) is 0 Å². The Hall–Kier alpha value is -2.38. The molecule has 1 aromatic carbocycles. The van der Waals surface area contributed by atoms with E-state index in [-0.39, 0.29) is 11.8 Å². The molecule has 0 atom stereocenters. The molecule has 0 spiro atoms. The zero-order valence-corrected chi connectivity index (χ0v) is 9.16. The summed E-state index contributed by atoms with van der Waals surface area (Å²) in [7, 11) is 0. The van der Waals surface area contributed by atoms with E-state index in [9.17, 15) is 27.2 Å². The molecule has 0 fully saturated rings. The molecule has 8 heteroatoms. The van der Waals surface area contributed by atoms with Gasteiger partial charge in [-0.15, -0.1) is 0 Å². The molecule has 2 aromatic rings. The summed E-state index contributed by atoms with van der Waals surface area (Å²) in [5, 5.41) is 0. The van der Waals surface area contributed by atoms with E-state index in [0.29, 0.717) is 4.57 Å². The van der Waals surface area contributed by atoms with E-state index in [1.807, 2.05) is 0 Å². The Morgan fingerprint density at radius 3 is 2.32 bits per heavy atom. The van der Waals surface area contributed by atoms with Crippen LogP contribution in [0.5, 0.6) is 0 Å². The maximum Gasteiger partial charge on any atom is 0.431 e. The van der Waals surface area contributed by atoms with Crippen LogP contribution in [0.25, 0.3) is 5.69 Å². The van der Waals surface area contributed by atoms with Crippen LogP contribution < -0.4 is 11.2 Å². The molecular weight excluding hydrogens is 268 g/mol. The molecule has 1 heterocycles. The summed E-state index contributed by atoms with van der Waals surface area (Å²) in [5.41, 5.74) is -4.08. The Morgan fingerprint density at radius 1 is 1.11 bits per heavy atom. The van der Waals surface area contributed by atoms with Crippen molar-refractivity contribution in [2.75, 3.05) is 0 Å². The third-order valence-corrected chi connectivity index (χ3v) is 2.30. The van der Waals surface area contributed by atoms with E-state index in [1.165, 1.54) is 17.1 Å². The summed E-state index contributed by atoms with van der Waals surface area (Å²) in [6.07, 6.45) is -4.83. The summed E-state index contributed by atoms with van der Waals surface area (Å²) >= 11 is 0. The number of H-pyrrole nitrogens is 1. The van der Waals surface area contributed by atoms with Gasteiger partial charge in [0.15, 0.2) is 0 Å². The van der Waals surface area contributed by atoms with Gasteiger partial charge in [0.2, 0.25) is 0 Å². The third-order valence-electron chi connectivity index (χ3n) is 2.30. The molecule has 0 aliphatic heterocycles. The molecule has 2 rings (SSSR count). The SMILES string of the molecule is O=c1cc(C(F)(F)F)[nH]c(=O)n1-c1cccc(F)c1. The molecule has 1 N–H and O–H groups in total. The average molecular weight is 274 g/mol. The van der Waals surface area contributed by atoms with Crippen molar-refractivity contribution >= 4 is 0 Å². The van der Waals surface area contributed by atoms with Gasteiger partial charge < -0.3 is 4.98 Å². The Labute approximate surface area is 102 Å². The topological polar surface area (TPSA) is 54.9 Å². The van der Waals surface area contributed by atoms with E-state index >= 15 is 0 Å². The van der Waals surface area contributed by atoms with Crippen molar-refractivity contribution in [3.8, 4) is 5.69 Å². The second kappa shape index (κ2) is 4.38. The summed E-state index contributed by atoms with van der Waals surface area (Å²) in [6, 6.07) is 4.64. The van der Waals surface area contributed by atoms with Crippen LogP contribution >= 0.6 is 0 Å². The van der Waals surface area contributed by atoms with E-state index in [0.717, 1.165) is 12.1 Å². The van der Waals surface area contributed by atoms with Crippen LogP contribution in [0.4, 0.5) is 17.6 Å². The molecule has 19 heavy (non-hydrogen) atoms. The van der Waals surface area contributed by atoms with Crippen LogP contribution in [-0.4, -0.2) is 9.55 Å². The second-order valence-corrected chi connectivity index (χ2v) is 3.64. The fourth-order valence-corrected chi connectivity index (χ4v) is 1.51. The molecule has 0 unspecified atom stereocenters. The van der Waals surface area contributed by atoms with Gasteiger partial charge in [-0.25, -0.2) is 13.8 Å². The Kier molecular flexibility index (Phi) is 3.01. The lowest BCUT2D eigenvalue weighted by Crippen LogP contribution is -2.35. The number of rotatable bonds is 1. The summed E-state index contributed by atoms with van der Waals surface area (Å²) < 4.78 is 50.5. The number of halogens is 4. The molecule has 1 aromatic heterocycles. The summed E-state index contributed by atoms with van der Waals surface area (Å²) in [5.74, 6) is -0.719. The minimum Gasteiger partial charge on any atom is -0.303 e. The third kappa shape index (κ3) is 2.56. The van der Waals surface area contributed by atoms with E-state index in [4.69, 9.17) is 0 Å². The Balaban J connectivity index is 2.68. The number of benzene rings is 1. The Morgan fingerprint density at radius 2 is 1.79 bits per heavy atom. The minimum absolute atomic E-state index is 0.153. The highest BCUT2D eigenvalue weighted by Gasteiger charge is 2.33. The van der Waals surface area contributed by atoms with Crippen LogP contribution in [0.15, 0.2) is 39.9 Å². The first-order valence-electron chi connectivity index (χ1n) is 4.98. The molecule has 4 nitrogen and oxygen atoms in total. The predicted molar refractivity (Wildman–Crippen MR) is 57.6 cm³/mol.